The van der Waals surface area contributed by atoms with Crippen molar-refractivity contribution in [3.05, 3.63) is 23.8 Å². The van der Waals surface area contributed by atoms with Gasteiger partial charge in [0.25, 0.3) is 0 Å². The number of benzene rings is 1. The Morgan fingerprint density at radius 1 is 1.25 bits per heavy atom. The van der Waals surface area contributed by atoms with Crippen LogP contribution in [0.5, 0.6) is 5.75 Å². The van der Waals surface area contributed by atoms with Crippen LogP contribution >= 0.6 is 0 Å². The normalized spacial score (nSPS) is 17.2. The van der Waals surface area contributed by atoms with Gasteiger partial charge in [0.2, 0.25) is 0 Å². The van der Waals surface area contributed by atoms with Crippen LogP contribution in [0.2, 0.25) is 0 Å². The summed E-state index contributed by atoms with van der Waals surface area (Å²) in [6.07, 6.45) is 2.37. The van der Waals surface area contributed by atoms with Crippen LogP contribution in [0, 0.1) is 0 Å². The summed E-state index contributed by atoms with van der Waals surface area (Å²) in [6.45, 7) is 2.61. The molecule has 0 spiro atoms. The van der Waals surface area contributed by atoms with Crippen molar-refractivity contribution in [1.82, 2.24) is 4.90 Å². The Bertz CT molecular complexity index is 433. The van der Waals surface area contributed by atoms with Gasteiger partial charge in [-0.15, -0.1) is 0 Å². The van der Waals surface area contributed by atoms with Gasteiger partial charge in [-0.3, -0.25) is 4.90 Å². The molecule has 20 heavy (non-hydrogen) atoms. The number of nitrogens with zero attached hydrogens (tertiary/aromatic N) is 1. The first-order valence-corrected chi connectivity index (χ1v) is 6.92. The highest BCUT2D eigenvalue weighted by molar-refractivity contribution is 6.59. The molecule has 110 valence electrons. The van der Waals surface area contributed by atoms with Crippen LogP contribution in [-0.2, 0) is 11.3 Å². The molecular formula is C14H22BNO4. The first-order chi connectivity index (χ1) is 9.63. The van der Waals surface area contributed by atoms with Crippen LogP contribution < -0.4 is 10.2 Å². The Morgan fingerprint density at radius 2 is 1.95 bits per heavy atom. The molecule has 1 aromatic rings. The molecule has 0 saturated carbocycles. The Kier molecular flexibility index (Phi) is 5.42. The van der Waals surface area contributed by atoms with Crippen molar-refractivity contribution < 1.29 is 19.5 Å². The van der Waals surface area contributed by atoms with Gasteiger partial charge < -0.3 is 19.5 Å². The van der Waals surface area contributed by atoms with Crippen LogP contribution in [0.1, 0.15) is 18.4 Å². The quantitative estimate of drug-likeness (QED) is 0.742. The van der Waals surface area contributed by atoms with Crippen molar-refractivity contribution in [3.63, 3.8) is 0 Å². The third-order valence-corrected chi connectivity index (χ3v) is 3.89. The van der Waals surface area contributed by atoms with Crippen LogP contribution in [0.4, 0.5) is 0 Å². The molecule has 1 fully saturated rings. The van der Waals surface area contributed by atoms with Crippen LogP contribution in [-0.4, -0.2) is 55.5 Å². The molecule has 0 amide bonds. The van der Waals surface area contributed by atoms with Crippen LogP contribution in [0.25, 0.3) is 0 Å². The maximum absolute atomic E-state index is 9.45. The van der Waals surface area contributed by atoms with Crippen molar-refractivity contribution in [2.45, 2.75) is 25.5 Å². The molecule has 5 nitrogen and oxygen atoms in total. The summed E-state index contributed by atoms with van der Waals surface area (Å²) in [5.74, 6) is 0.733. The maximum atomic E-state index is 9.45. The van der Waals surface area contributed by atoms with Gasteiger partial charge in [0.1, 0.15) is 5.75 Å². The Balaban J connectivity index is 2.07. The highest BCUT2D eigenvalue weighted by Crippen LogP contribution is 2.18. The van der Waals surface area contributed by atoms with Gasteiger partial charge in [0.15, 0.2) is 0 Å². The fourth-order valence-electron chi connectivity index (χ4n) is 2.64. The zero-order valence-corrected chi connectivity index (χ0v) is 12.1. The van der Waals surface area contributed by atoms with E-state index in [0.29, 0.717) is 18.1 Å². The summed E-state index contributed by atoms with van der Waals surface area (Å²) in [6, 6.07) is 5.33. The summed E-state index contributed by atoms with van der Waals surface area (Å²) < 4.78 is 10.6. The predicted molar refractivity (Wildman–Crippen MR) is 78.1 cm³/mol. The Hall–Kier alpha value is -1.08. The van der Waals surface area contributed by atoms with Crippen molar-refractivity contribution >= 4 is 12.6 Å². The fraction of sp³-hybridized carbons (Fsp3) is 0.571. The second-order valence-electron chi connectivity index (χ2n) is 5.15. The van der Waals surface area contributed by atoms with E-state index in [1.54, 1.807) is 26.4 Å². The summed E-state index contributed by atoms with van der Waals surface area (Å²) >= 11 is 0. The number of piperidine rings is 1. The molecule has 0 atom stereocenters. The minimum Gasteiger partial charge on any atom is -0.497 e. The molecule has 6 heteroatoms. The van der Waals surface area contributed by atoms with Gasteiger partial charge in [-0.25, -0.2) is 0 Å². The van der Waals surface area contributed by atoms with Crippen molar-refractivity contribution in [1.29, 1.82) is 0 Å². The van der Waals surface area contributed by atoms with Gasteiger partial charge in [-0.05, 0) is 36.0 Å². The SMILES string of the molecule is COc1ccc(B(O)O)c(CN2CCC(OC)CC2)c1. The molecule has 1 heterocycles. The van der Waals surface area contributed by atoms with Crippen LogP contribution in [0.3, 0.4) is 0 Å². The van der Waals surface area contributed by atoms with E-state index in [9.17, 15) is 10.0 Å². The number of hydrogen-bond donors (Lipinski definition) is 2. The van der Waals surface area contributed by atoms with E-state index in [1.165, 1.54) is 0 Å². The lowest BCUT2D eigenvalue weighted by molar-refractivity contribution is 0.0389. The zero-order valence-electron chi connectivity index (χ0n) is 12.1. The molecule has 0 radical (unpaired) electrons. The largest absolute Gasteiger partial charge is 0.497 e. The standard InChI is InChI=1S/C14H22BNO4/c1-19-12-5-7-16(8-6-12)10-11-9-13(20-2)3-4-14(11)15(17)18/h3-4,9,12,17-18H,5-8,10H2,1-2H3. The monoisotopic (exact) mass is 279 g/mol. The zero-order chi connectivity index (χ0) is 14.5. The first kappa shape index (κ1) is 15.3. The summed E-state index contributed by atoms with van der Waals surface area (Å²) in [4.78, 5) is 2.30. The lowest BCUT2D eigenvalue weighted by atomic mass is 9.76. The van der Waals surface area contributed by atoms with Gasteiger partial charge >= 0.3 is 7.12 Å². The topological polar surface area (TPSA) is 62.2 Å². The average Bonchev–Trinajstić information content (AvgIpc) is 2.47. The molecule has 2 rings (SSSR count). The second kappa shape index (κ2) is 7.08. The fourth-order valence-corrected chi connectivity index (χ4v) is 2.64. The summed E-state index contributed by atoms with van der Waals surface area (Å²) in [7, 11) is 1.91. The van der Waals surface area contributed by atoms with E-state index in [4.69, 9.17) is 9.47 Å². The number of methoxy groups -OCH3 is 2. The second-order valence-corrected chi connectivity index (χ2v) is 5.15. The average molecular weight is 279 g/mol. The van der Waals surface area contributed by atoms with E-state index in [0.717, 1.165) is 37.2 Å². The maximum Gasteiger partial charge on any atom is 0.488 e. The molecule has 0 aliphatic carbocycles. The number of rotatable bonds is 5. The predicted octanol–water partition coefficient (Wildman–Crippen LogP) is -0.0142. The van der Waals surface area contributed by atoms with E-state index >= 15 is 0 Å². The Labute approximate surface area is 120 Å². The molecule has 0 unspecified atom stereocenters. The highest BCUT2D eigenvalue weighted by Gasteiger charge is 2.22. The lowest BCUT2D eigenvalue weighted by Crippen LogP contribution is -2.39. The van der Waals surface area contributed by atoms with Crippen LogP contribution in [0.15, 0.2) is 18.2 Å². The number of ether oxygens (including phenoxy) is 2. The third-order valence-electron chi connectivity index (χ3n) is 3.89. The molecule has 0 aromatic heterocycles. The van der Waals surface area contributed by atoms with Gasteiger partial charge in [0, 0.05) is 26.7 Å². The van der Waals surface area contributed by atoms with Crippen molar-refractivity contribution in [3.8, 4) is 5.75 Å². The molecule has 1 aliphatic rings. The van der Waals surface area contributed by atoms with Crippen molar-refractivity contribution in [2.75, 3.05) is 27.3 Å². The molecule has 1 saturated heterocycles. The van der Waals surface area contributed by atoms with E-state index < -0.39 is 7.12 Å². The van der Waals surface area contributed by atoms with E-state index in [1.807, 2.05) is 6.07 Å². The molecule has 1 aromatic carbocycles. The highest BCUT2D eigenvalue weighted by atomic mass is 16.5. The van der Waals surface area contributed by atoms with Gasteiger partial charge in [0.05, 0.1) is 13.2 Å². The first-order valence-electron chi connectivity index (χ1n) is 6.92. The van der Waals surface area contributed by atoms with E-state index in [2.05, 4.69) is 4.90 Å². The summed E-state index contributed by atoms with van der Waals surface area (Å²) in [5, 5.41) is 18.9. The molecule has 1 aliphatic heterocycles. The van der Waals surface area contributed by atoms with Gasteiger partial charge in [-0.2, -0.15) is 0 Å². The third kappa shape index (κ3) is 3.73. The van der Waals surface area contributed by atoms with E-state index in [-0.39, 0.29) is 0 Å². The molecular weight excluding hydrogens is 257 g/mol. The molecule has 0 bridgehead atoms. The van der Waals surface area contributed by atoms with Gasteiger partial charge in [-0.1, -0.05) is 6.07 Å². The number of likely N-dealkylation sites (tertiary alicyclic amines) is 1. The van der Waals surface area contributed by atoms with Crippen molar-refractivity contribution in [2.24, 2.45) is 0 Å². The minimum atomic E-state index is -1.45. The Morgan fingerprint density at radius 3 is 2.50 bits per heavy atom. The lowest BCUT2D eigenvalue weighted by Gasteiger charge is -2.31. The minimum absolute atomic E-state index is 0.347. The molecule has 2 N–H and O–H groups in total. The number of hydrogen-bond acceptors (Lipinski definition) is 5. The smallest absolute Gasteiger partial charge is 0.488 e. The summed E-state index contributed by atoms with van der Waals surface area (Å²) in [5.41, 5.74) is 1.44.